The van der Waals surface area contributed by atoms with Gasteiger partial charge < -0.3 is 9.30 Å². The number of hydrogen-bond donors (Lipinski definition) is 2. The standard InChI is InChI=1S/C22H17N3O4S/c1-29-21(28)14-6-4-5-13(9-14)11-25-12-15(16-7-2-3-8-18(16)25)10-17-19(26)23-22(30)24-20(17)27/h2-10,12H,11H2,1H3,(H2,23,24,26,27,30). The molecule has 2 amide bonds. The lowest BCUT2D eigenvalue weighted by atomic mass is 10.1. The van der Waals surface area contributed by atoms with Crippen LogP contribution in [0, 0.1) is 0 Å². The Morgan fingerprint density at radius 2 is 1.83 bits per heavy atom. The van der Waals surface area contributed by atoms with Gasteiger partial charge >= 0.3 is 5.97 Å². The normalized spacial score (nSPS) is 13.8. The van der Waals surface area contributed by atoms with E-state index in [2.05, 4.69) is 10.6 Å². The molecule has 2 aromatic carbocycles. The number of carbonyl (C=O) groups excluding carboxylic acids is 3. The highest BCUT2D eigenvalue weighted by molar-refractivity contribution is 7.80. The molecule has 1 aromatic heterocycles. The van der Waals surface area contributed by atoms with E-state index in [4.69, 9.17) is 17.0 Å². The molecular weight excluding hydrogens is 402 g/mol. The molecule has 1 aliphatic rings. The van der Waals surface area contributed by atoms with Crippen molar-refractivity contribution in [1.82, 2.24) is 15.2 Å². The number of aromatic nitrogens is 1. The van der Waals surface area contributed by atoms with E-state index in [1.54, 1.807) is 24.3 Å². The van der Waals surface area contributed by atoms with Crippen LogP contribution in [-0.4, -0.2) is 34.6 Å². The van der Waals surface area contributed by atoms with E-state index in [0.717, 1.165) is 22.0 Å². The molecule has 1 aliphatic heterocycles. The highest BCUT2D eigenvalue weighted by atomic mass is 32.1. The quantitative estimate of drug-likeness (QED) is 0.293. The van der Waals surface area contributed by atoms with Crippen LogP contribution < -0.4 is 10.6 Å². The van der Waals surface area contributed by atoms with Gasteiger partial charge in [-0.05, 0) is 42.1 Å². The van der Waals surface area contributed by atoms with Gasteiger partial charge in [0.25, 0.3) is 11.8 Å². The second-order valence-electron chi connectivity index (χ2n) is 6.72. The fourth-order valence-corrected chi connectivity index (χ4v) is 3.58. The van der Waals surface area contributed by atoms with E-state index < -0.39 is 17.8 Å². The Labute approximate surface area is 177 Å². The monoisotopic (exact) mass is 419 g/mol. The maximum absolute atomic E-state index is 12.2. The average Bonchev–Trinajstić information content (AvgIpc) is 3.07. The number of rotatable bonds is 4. The van der Waals surface area contributed by atoms with E-state index in [1.165, 1.54) is 7.11 Å². The molecule has 4 rings (SSSR count). The number of hydrogen-bond acceptors (Lipinski definition) is 5. The lowest BCUT2D eigenvalue weighted by molar-refractivity contribution is -0.123. The predicted octanol–water partition coefficient (Wildman–Crippen LogP) is 2.39. The van der Waals surface area contributed by atoms with Gasteiger partial charge in [0, 0.05) is 29.2 Å². The zero-order chi connectivity index (χ0) is 21.3. The molecule has 3 aromatic rings. The van der Waals surface area contributed by atoms with Crippen molar-refractivity contribution in [2.24, 2.45) is 0 Å². The van der Waals surface area contributed by atoms with Crippen molar-refractivity contribution in [3.8, 4) is 0 Å². The minimum absolute atomic E-state index is 0.00457. The maximum atomic E-state index is 12.2. The van der Waals surface area contributed by atoms with Crippen LogP contribution in [0.5, 0.6) is 0 Å². The molecule has 150 valence electrons. The van der Waals surface area contributed by atoms with Gasteiger partial charge in [-0.15, -0.1) is 0 Å². The first-order valence-corrected chi connectivity index (χ1v) is 9.50. The highest BCUT2D eigenvalue weighted by Crippen LogP contribution is 2.25. The molecule has 7 nitrogen and oxygen atoms in total. The van der Waals surface area contributed by atoms with Crippen molar-refractivity contribution in [2.45, 2.75) is 6.54 Å². The van der Waals surface area contributed by atoms with Crippen LogP contribution in [0.3, 0.4) is 0 Å². The number of carbonyl (C=O) groups is 3. The summed E-state index contributed by atoms with van der Waals surface area (Å²) in [5.74, 6) is -1.47. The number of nitrogens with one attached hydrogen (secondary N) is 2. The Hall–Kier alpha value is -3.78. The predicted molar refractivity (Wildman–Crippen MR) is 116 cm³/mol. The molecule has 0 unspecified atom stereocenters. The lowest BCUT2D eigenvalue weighted by Crippen LogP contribution is -2.51. The van der Waals surface area contributed by atoms with Crippen LogP contribution in [0.25, 0.3) is 17.0 Å². The van der Waals surface area contributed by atoms with Gasteiger partial charge in [-0.25, -0.2) is 4.79 Å². The molecule has 0 aliphatic carbocycles. The number of ether oxygens (including phenoxy) is 1. The van der Waals surface area contributed by atoms with Crippen molar-refractivity contribution in [3.63, 3.8) is 0 Å². The second kappa shape index (κ2) is 7.92. The van der Waals surface area contributed by atoms with Crippen molar-refractivity contribution >= 4 is 52.1 Å². The van der Waals surface area contributed by atoms with Crippen molar-refractivity contribution in [3.05, 3.63) is 77.0 Å². The van der Waals surface area contributed by atoms with E-state index in [0.29, 0.717) is 12.1 Å². The largest absolute Gasteiger partial charge is 0.465 e. The van der Waals surface area contributed by atoms with Gasteiger partial charge in [0.05, 0.1) is 12.7 Å². The number of amides is 2. The molecule has 1 fully saturated rings. The Kier molecular flexibility index (Phi) is 5.16. The molecule has 0 spiro atoms. The van der Waals surface area contributed by atoms with Crippen molar-refractivity contribution in [1.29, 1.82) is 0 Å². The zero-order valence-corrected chi connectivity index (χ0v) is 16.8. The van der Waals surface area contributed by atoms with Gasteiger partial charge in [0.1, 0.15) is 5.57 Å². The van der Waals surface area contributed by atoms with E-state index in [1.807, 2.05) is 41.1 Å². The summed E-state index contributed by atoms with van der Waals surface area (Å²) in [5, 5.41) is 5.76. The average molecular weight is 419 g/mol. The smallest absolute Gasteiger partial charge is 0.337 e. The number of benzene rings is 2. The molecule has 2 N–H and O–H groups in total. The van der Waals surface area contributed by atoms with Gasteiger partial charge in [0.15, 0.2) is 5.11 Å². The summed E-state index contributed by atoms with van der Waals surface area (Å²) in [6.07, 6.45) is 3.42. The number of thiocarbonyl (C=S) groups is 1. The first-order chi connectivity index (χ1) is 14.5. The number of methoxy groups -OCH3 is 1. The fraction of sp³-hybridized carbons (Fsp3) is 0.0909. The fourth-order valence-electron chi connectivity index (χ4n) is 3.39. The molecule has 0 radical (unpaired) electrons. The molecule has 1 saturated heterocycles. The van der Waals surface area contributed by atoms with E-state index in [-0.39, 0.29) is 10.7 Å². The summed E-state index contributed by atoms with van der Waals surface area (Å²) in [7, 11) is 1.35. The van der Waals surface area contributed by atoms with Crippen molar-refractivity contribution in [2.75, 3.05) is 7.11 Å². The minimum atomic E-state index is -0.536. The summed E-state index contributed by atoms with van der Waals surface area (Å²) >= 11 is 4.84. The SMILES string of the molecule is COC(=O)c1cccc(Cn2cc(C=C3C(=O)NC(=S)NC3=O)c3ccccc32)c1. The summed E-state index contributed by atoms with van der Waals surface area (Å²) in [6.45, 7) is 0.497. The molecular formula is C22H17N3O4S. The second-order valence-corrected chi connectivity index (χ2v) is 7.13. The third-order valence-electron chi connectivity index (χ3n) is 4.76. The third kappa shape index (κ3) is 3.72. The molecule has 2 heterocycles. The number of esters is 1. The molecule has 0 saturated carbocycles. The Bertz CT molecular complexity index is 1220. The summed E-state index contributed by atoms with van der Waals surface area (Å²) in [6, 6.07) is 14.9. The molecule has 30 heavy (non-hydrogen) atoms. The van der Waals surface area contributed by atoms with Crippen LogP contribution in [0.1, 0.15) is 21.5 Å². The van der Waals surface area contributed by atoms with Crippen LogP contribution in [0.15, 0.2) is 60.3 Å². The van der Waals surface area contributed by atoms with Crippen molar-refractivity contribution < 1.29 is 19.1 Å². The van der Waals surface area contributed by atoms with Crippen LogP contribution in [0.4, 0.5) is 0 Å². The van der Waals surface area contributed by atoms with Crippen LogP contribution in [-0.2, 0) is 20.9 Å². The molecule has 0 bridgehead atoms. The van der Waals surface area contributed by atoms with E-state index in [9.17, 15) is 14.4 Å². The summed E-state index contributed by atoms with van der Waals surface area (Å²) < 4.78 is 6.79. The van der Waals surface area contributed by atoms with Gasteiger partial charge in [0.2, 0.25) is 0 Å². The van der Waals surface area contributed by atoms with Gasteiger partial charge in [-0.1, -0.05) is 30.3 Å². The van der Waals surface area contributed by atoms with Gasteiger partial charge in [-0.2, -0.15) is 0 Å². The van der Waals surface area contributed by atoms with Crippen LogP contribution in [0.2, 0.25) is 0 Å². The first-order valence-electron chi connectivity index (χ1n) is 9.10. The minimum Gasteiger partial charge on any atom is -0.465 e. The van der Waals surface area contributed by atoms with Crippen LogP contribution >= 0.6 is 12.2 Å². The number of nitrogens with zero attached hydrogens (tertiary/aromatic N) is 1. The van der Waals surface area contributed by atoms with Gasteiger partial charge in [-0.3, -0.25) is 20.2 Å². The lowest BCUT2D eigenvalue weighted by Gasteiger charge is -2.16. The molecule has 8 heteroatoms. The molecule has 0 atom stereocenters. The number of para-hydroxylation sites is 1. The highest BCUT2D eigenvalue weighted by Gasteiger charge is 2.26. The topological polar surface area (TPSA) is 89.4 Å². The Morgan fingerprint density at radius 3 is 2.57 bits per heavy atom. The maximum Gasteiger partial charge on any atom is 0.337 e. The number of fused-ring (bicyclic) bond motifs is 1. The summed E-state index contributed by atoms with van der Waals surface area (Å²) in [5.41, 5.74) is 3.03. The first kappa shape index (κ1) is 19.5. The summed E-state index contributed by atoms with van der Waals surface area (Å²) in [4.78, 5) is 36.2. The Morgan fingerprint density at radius 1 is 1.10 bits per heavy atom. The Balaban J connectivity index is 1.74. The zero-order valence-electron chi connectivity index (χ0n) is 16.0. The van der Waals surface area contributed by atoms with E-state index >= 15 is 0 Å². The third-order valence-corrected chi connectivity index (χ3v) is 4.97.